The summed E-state index contributed by atoms with van der Waals surface area (Å²) in [7, 11) is 0. The van der Waals surface area contributed by atoms with Crippen molar-refractivity contribution in [2.24, 2.45) is 0 Å². The largest absolute Gasteiger partial charge is 0.485 e. The Labute approximate surface area is 179 Å². The molecule has 8 nitrogen and oxygen atoms in total. The maximum Gasteiger partial charge on any atom is 0.262 e. The molecule has 0 aliphatic carbocycles. The third-order valence-electron chi connectivity index (χ3n) is 4.55. The van der Waals surface area contributed by atoms with Crippen LogP contribution in [-0.4, -0.2) is 32.7 Å². The first-order chi connectivity index (χ1) is 15.2. The van der Waals surface area contributed by atoms with Gasteiger partial charge in [-0.15, -0.1) is 5.10 Å². The lowest BCUT2D eigenvalue weighted by molar-refractivity contribution is -0.118. The van der Waals surface area contributed by atoms with Crippen LogP contribution in [0.1, 0.15) is 11.1 Å². The van der Waals surface area contributed by atoms with E-state index in [9.17, 15) is 4.79 Å². The summed E-state index contributed by atoms with van der Waals surface area (Å²) < 4.78 is 13.1. The molecular weight excluding hydrogens is 394 g/mol. The van der Waals surface area contributed by atoms with Crippen LogP contribution < -0.4 is 14.8 Å². The number of nitrogens with zero attached hydrogens (tertiary/aromatic N) is 4. The topological polar surface area (TPSA) is 91.2 Å². The monoisotopic (exact) mass is 415 g/mol. The van der Waals surface area contributed by atoms with Gasteiger partial charge < -0.3 is 14.8 Å². The molecule has 0 saturated heterocycles. The normalized spacial score (nSPS) is 10.5. The fraction of sp³-hybridized carbons (Fsp3) is 0.130. The molecule has 1 amide bonds. The molecule has 0 spiro atoms. The molecule has 0 aliphatic heterocycles. The number of hydrogen-bond acceptors (Lipinski definition) is 6. The van der Waals surface area contributed by atoms with Gasteiger partial charge in [-0.2, -0.15) is 0 Å². The Bertz CT molecular complexity index is 1150. The van der Waals surface area contributed by atoms with Gasteiger partial charge in [0.2, 0.25) is 0 Å². The number of para-hydroxylation sites is 2. The summed E-state index contributed by atoms with van der Waals surface area (Å²) in [5, 5.41) is 14.0. The molecule has 3 aromatic carbocycles. The maximum atomic E-state index is 12.5. The van der Waals surface area contributed by atoms with Gasteiger partial charge in [0.05, 0.1) is 5.69 Å². The molecule has 156 valence electrons. The first kappa shape index (κ1) is 20.1. The maximum absolute atomic E-state index is 12.5. The highest BCUT2D eigenvalue weighted by Crippen LogP contribution is 2.27. The Morgan fingerprint density at radius 2 is 1.71 bits per heavy atom. The summed E-state index contributed by atoms with van der Waals surface area (Å²) in [4.78, 5) is 12.5. The van der Waals surface area contributed by atoms with Crippen LogP contribution in [0.2, 0.25) is 0 Å². The second-order valence-corrected chi connectivity index (χ2v) is 6.81. The van der Waals surface area contributed by atoms with E-state index in [1.54, 1.807) is 12.1 Å². The number of aromatic nitrogens is 4. The number of aryl methyl sites for hydroxylation is 1. The predicted octanol–water partition coefficient (Wildman–Crippen LogP) is 3.57. The van der Waals surface area contributed by atoms with Gasteiger partial charge in [0.1, 0.15) is 12.9 Å². The van der Waals surface area contributed by atoms with Crippen LogP contribution in [0.5, 0.6) is 11.5 Å². The van der Waals surface area contributed by atoms with E-state index < -0.39 is 0 Å². The lowest BCUT2D eigenvalue weighted by atomic mass is 10.2. The minimum atomic E-state index is -0.283. The van der Waals surface area contributed by atoms with Crippen LogP contribution in [0, 0.1) is 6.92 Å². The summed E-state index contributed by atoms with van der Waals surface area (Å²) in [6.07, 6.45) is 1.49. The fourth-order valence-corrected chi connectivity index (χ4v) is 2.92. The van der Waals surface area contributed by atoms with Crippen molar-refractivity contribution in [2.75, 3.05) is 11.9 Å². The third-order valence-corrected chi connectivity index (χ3v) is 4.55. The fourth-order valence-electron chi connectivity index (χ4n) is 2.92. The van der Waals surface area contributed by atoms with Crippen LogP contribution in [0.4, 0.5) is 5.69 Å². The lowest BCUT2D eigenvalue weighted by Crippen LogP contribution is -2.21. The molecule has 4 rings (SSSR count). The molecule has 1 heterocycles. The number of carbonyl (C=O) groups is 1. The van der Waals surface area contributed by atoms with Crippen LogP contribution >= 0.6 is 0 Å². The average molecular weight is 415 g/mol. The Kier molecular flexibility index (Phi) is 6.18. The molecule has 1 aromatic heterocycles. The summed E-state index contributed by atoms with van der Waals surface area (Å²) in [5.41, 5.74) is 3.37. The van der Waals surface area contributed by atoms with Crippen LogP contribution in [0.25, 0.3) is 5.69 Å². The van der Waals surface area contributed by atoms with Crippen LogP contribution in [-0.2, 0) is 11.4 Å². The molecule has 31 heavy (non-hydrogen) atoms. The second-order valence-electron chi connectivity index (χ2n) is 6.81. The summed E-state index contributed by atoms with van der Waals surface area (Å²) in [5.74, 6) is 0.804. The number of rotatable bonds is 8. The van der Waals surface area contributed by atoms with Crippen LogP contribution in [0.3, 0.4) is 0 Å². The number of benzene rings is 3. The van der Waals surface area contributed by atoms with Crippen molar-refractivity contribution in [3.05, 3.63) is 90.3 Å². The van der Waals surface area contributed by atoms with Crippen molar-refractivity contribution in [1.82, 2.24) is 20.2 Å². The standard InChI is InChI=1S/C23H21N5O3/c1-17-11-12-19(28-16-24-26-27-28)13-20(17)25-23(29)15-31-22-10-6-5-9-21(22)30-14-18-7-3-2-4-8-18/h2-13,16H,14-15H2,1H3,(H,25,29). The summed E-state index contributed by atoms with van der Waals surface area (Å²) >= 11 is 0. The van der Waals surface area contributed by atoms with E-state index in [0.717, 1.165) is 16.8 Å². The van der Waals surface area contributed by atoms with E-state index in [1.807, 2.05) is 67.6 Å². The van der Waals surface area contributed by atoms with E-state index >= 15 is 0 Å². The van der Waals surface area contributed by atoms with Gasteiger partial charge in [-0.1, -0.05) is 48.5 Å². The van der Waals surface area contributed by atoms with E-state index in [-0.39, 0.29) is 12.5 Å². The van der Waals surface area contributed by atoms with Gasteiger partial charge in [0.25, 0.3) is 5.91 Å². The van der Waals surface area contributed by atoms with Gasteiger partial charge in [0.15, 0.2) is 18.1 Å². The van der Waals surface area contributed by atoms with E-state index in [2.05, 4.69) is 20.8 Å². The number of tetrazole rings is 1. The Morgan fingerprint density at radius 1 is 0.968 bits per heavy atom. The van der Waals surface area contributed by atoms with Gasteiger partial charge in [0, 0.05) is 5.69 Å². The quantitative estimate of drug-likeness (QED) is 0.473. The molecule has 0 saturated carbocycles. The molecule has 0 fully saturated rings. The first-order valence-corrected chi connectivity index (χ1v) is 9.71. The minimum absolute atomic E-state index is 0.153. The van der Waals surface area contributed by atoms with Crippen molar-refractivity contribution in [2.45, 2.75) is 13.5 Å². The van der Waals surface area contributed by atoms with Gasteiger partial charge in [-0.25, -0.2) is 4.68 Å². The van der Waals surface area contributed by atoms with Crippen LogP contribution in [0.15, 0.2) is 79.1 Å². The van der Waals surface area contributed by atoms with E-state index in [4.69, 9.17) is 9.47 Å². The summed E-state index contributed by atoms with van der Waals surface area (Å²) in [6, 6.07) is 22.7. The number of nitrogens with one attached hydrogen (secondary N) is 1. The molecular formula is C23H21N5O3. The Morgan fingerprint density at radius 3 is 2.45 bits per heavy atom. The highest BCUT2D eigenvalue weighted by molar-refractivity contribution is 5.93. The van der Waals surface area contributed by atoms with Crippen molar-refractivity contribution < 1.29 is 14.3 Å². The Balaban J connectivity index is 1.38. The predicted molar refractivity (Wildman–Crippen MR) is 115 cm³/mol. The van der Waals surface area contributed by atoms with Crippen molar-refractivity contribution >= 4 is 11.6 Å². The zero-order valence-corrected chi connectivity index (χ0v) is 16.9. The molecule has 4 aromatic rings. The highest BCUT2D eigenvalue weighted by Gasteiger charge is 2.11. The SMILES string of the molecule is Cc1ccc(-n2cnnn2)cc1NC(=O)COc1ccccc1OCc1ccccc1. The van der Waals surface area contributed by atoms with E-state index in [0.29, 0.717) is 23.8 Å². The zero-order valence-electron chi connectivity index (χ0n) is 16.9. The second kappa shape index (κ2) is 9.53. The highest BCUT2D eigenvalue weighted by atomic mass is 16.5. The summed E-state index contributed by atoms with van der Waals surface area (Å²) in [6.45, 7) is 2.17. The van der Waals surface area contributed by atoms with E-state index in [1.165, 1.54) is 11.0 Å². The number of carbonyl (C=O) groups excluding carboxylic acids is 1. The van der Waals surface area contributed by atoms with Gasteiger partial charge >= 0.3 is 0 Å². The lowest BCUT2D eigenvalue weighted by Gasteiger charge is -2.14. The molecule has 1 N–H and O–H groups in total. The molecule has 0 radical (unpaired) electrons. The number of amides is 1. The zero-order chi connectivity index (χ0) is 21.5. The smallest absolute Gasteiger partial charge is 0.262 e. The number of anilines is 1. The first-order valence-electron chi connectivity index (χ1n) is 9.71. The average Bonchev–Trinajstić information content (AvgIpc) is 3.34. The van der Waals surface area contributed by atoms with Gasteiger partial charge in [-0.05, 0) is 52.7 Å². The van der Waals surface area contributed by atoms with Crippen molar-refractivity contribution in [1.29, 1.82) is 0 Å². The molecule has 0 aliphatic rings. The number of hydrogen-bond donors (Lipinski definition) is 1. The Hall–Kier alpha value is -4.20. The van der Waals surface area contributed by atoms with Crippen molar-refractivity contribution in [3.8, 4) is 17.2 Å². The van der Waals surface area contributed by atoms with Gasteiger partial charge in [-0.3, -0.25) is 4.79 Å². The molecule has 0 unspecified atom stereocenters. The minimum Gasteiger partial charge on any atom is -0.485 e. The molecule has 8 heteroatoms. The molecule has 0 atom stereocenters. The number of ether oxygens (including phenoxy) is 2. The third kappa shape index (κ3) is 5.24. The van der Waals surface area contributed by atoms with Crippen molar-refractivity contribution in [3.63, 3.8) is 0 Å². The molecule has 0 bridgehead atoms.